The fourth-order valence-electron chi connectivity index (χ4n) is 5.34. The number of aromatic amines is 1. The number of fused-ring (bicyclic) bond motifs is 4. The number of aromatic nitrogens is 5. The van der Waals surface area contributed by atoms with Gasteiger partial charge < -0.3 is 19.9 Å². The minimum absolute atomic E-state index is 0.0626. The third kappa shape index (κ3) is 5.22. The van der Waals surface area contributed by atoms with Crippen LogP contribution in [0.3, 0.4) is 0 Å². The third-order valence-corrected chi connectivity index (χ3v) is 8.60. The van der Waals surface area contributed by atoms with Gasteiger partial charge in [-0.1, -0.05) is 6.07 Å². The lowest BCUT2D eigenvalue weighted by Crippen LogP contribution is -2.41. The Balaban J connectivity index is 1.27. The van der Waals surface area contributed by atoms with Gasteiger partial charge >= 0.3 is 0 Å². The van der Waals surface area contributed by atoms with Gasteiger partial charge in [0.2, 0.25) is 5.91 Å². The highest BCUT2D eigenvalue weighted by atomic mass is 32.1. The van der Waals surface area contributed by atoms with Gasteiger partial charge in [0, 0.05) is 54.3 Å². The first kappa shape index (κ1) is 26.1. The highest BCUT2D eigenvalue weighted by Gasteiger charge is 2.32. The van der Waals surface area contributed by atoms with Crippen LogP contribution in [0.4, 0.5) is 11.5 Å². The smallest absolute Gasteiger partial charge is 0.226 e. The Hall–Kier alpha value is -4.09. The molecular weight excluding hydrogens is 524 g/mol. The van der Waals surface area contributed by atoms with Gasteiger partial charge in [0.1, 0.15) is 22.7 Å². The first-order chi connectivity index (χ1) is 19.5. The number of likely N-dealkylation sites (N-methyl/N-ethyl adjacent to an activating group) is 1. The summed E-state index contributed by atoms with van der Waals surface area (Å²) in [6, 6.07) is 7.88. The Kier molecular flexibility index (Phi) is 7.31. The van der Waals surface area contributed by atoms with Crippen molar-refractivity contribution in [2.75, 3.05) is 39.6 Å². The molecule has 0 bridgehead atoms. The molecule has 4 heterocycles. The summed E-state index contributed by atoms with van der Waals surface area (Å²) in [4.78, 5) is 33.5. The average molecular weight is 557 g/mol. The van der Waals surface area contributed by atoms with Crippen molar-refractivity contribution >= 4 is 49.9 Å². The molecule has 206 valence electrons. The van der Waals surface area contributed by atoms with Gasteiger partial charge in [0.15, 0.2) is 0 Å². The zero-order valence-electron chi connectivity index (χ0n) is 22.8. The highest BCUT2D eigenvalue weighted by Crippen LogP contribution is 2.42. The Bertz CT molecular complexity index is 1650. The second kappa shape index (κ2) is 11.2. The number of nitrogens with one attached hydrogen (secondary N) is 2. The van der Waals surface area contributed by atoms with Crippen LogP contribution >= 0.6 is 11.3 Å². The minimum Gasteiger partial charge on any atom is -0.494 e. The molecule has 1 aliphatic rings. The molecule has 0 aliphatic heterocycles. The second-order valence-corrected chi connectivity index (χ2v) is 11.5. The van der Waals surface area contributed by atoms with Crippen LogP contribution in [0.2, 0.25) is 0 Å². The van der Waals surface area contributed by atoms with Gasteiger partial charge in [-0.05, 0) is 56.6 Å². The van der Waals surface area contributed by atoms with Crippen molar-refractivity contribution in [3.63, 3.8) is 0 Å². The van der Waals surface area contributed by atoms with Crippen LogP contribution in [0.15, 0.2) is 49.2 Å². The van der Waals surface area contributed by atoms with E-state index >= 15 is 0 Å². The number of aryl methyl sites for hydroxylation is 1. The number of hydrogen-bond acceptors (Lipinski definition) is 9. The number of hydrogen-bond donors (Lipinski definition) is 2. The summed E-state index contributed by atoms with van der Waals surface area (Å²) in [5, 5.41) is 12.6. The van der Waals surface area contributed by atoms with Crippen LogP contribution < -0.4 is 10.1 Å². The predicted octanol–water partition coefficient (Wildman–Crippen LogP) is 4.41. The van der Waals surface area contributed by atoms with Gasteiger partial charge in [-0.15, -0.1) is 11.3 Å². The Morgan fingerprint density at radius 2 is 2.12 bits per heavy atom. The standard InChI is InChI=1S/C29H32N8O2S/c1-36(2)9-10-37(16-18-5-4-8-30-14-18)29(38)19-6-7-21-25(12-19)40-28-26(21)27(31-17-32-28)34-23-11-20-15-33-35-22(20)13-24(23)39-3/h4-5,8,11,13-15,17,19H,6-7,9-10,12,16H2,1-3H3,(H,33,35)(H,31,32,34)/t19-/m0/s1. The molecule has 6 rings (SSSR count). The monoisotopic (exact) mass is 556 g/mol. The van der Waals surface area contributed by atoms with Gasteiger partial charge in [0.25, 0.3) is 0 Å². The zero-order valence-corrected chi connectivity index (χ0v) is 23.7. The molecule has 0 radical (unpaired) electrons. The Labute approximate surface area is 236 Å². The first-order valence-corrected chi connectivity index (χ1v) is 14.2. The van der Waals surface area contributed by atoms with E-state index in [9.17, 15) is 4.79 Å². The maximum atomic E-state index is 13.8. The quantitative estimate of drug-likeness (QED) is 0.275. The fraction of sp³-hybridized carbons (Fsp3) is 0.345. The summed E-state index contributed by atoms with van der Waals surface area (Å²) < 4.78 is 5.64. The van der Waals surface area contributed by atoms with Crippen molar-refractivity contribution in [2.24, 2.45) is 5.92 Å². The summed E-state index contributed by atoms with van der Waals surface area (Å²) >= 11 is 1.67. The number of amides is 1. The highest BCUT2D eigenvalue weighted by molar-refractivity contribution is 7.19. The summed E-state index contributed by atoms with van der Waals surface area (Å²) in [5.41, 5.74) is 4.00. The number of anilines is 2. The largest absolute Gasteiger partial charge is 0.494 e. The summed E-state index contributed by atoms with van der Waals surface area (Å²) in [6.07, 6.45) is 9.29. The van der Waals surface area contributed by atoms with Crippen molar-refractivity contribution in [3.8, 4) is 5.75 Å². The number of pyridine rings is 1. The van der Waals surface area contributed by atoms with E-state index in [1.165, 1.54) is 10.4 Å². The van der Waals surface area contributed by atoms with Crippen LogP contribution in [0, 0.1) is 5.92 Å². The summed E-state index contributed by atoms with van der Waals surface area (Å²) in [6.45, 7) is 2.06. The number of H-pyrrole nitrogens is 1. The molecule has 0 saturated heterocycles. The van der Waals surface area contributed by atoms with Gasteiger partial charge in [-0.25, -0.2) is 9.97 Å². The van der Waals surface area contributed by atoms with E-state index in [-0.39, 0.29) is 11.8 Å². The molecule has 1 atom stereocenters. The lowest BCUT2D eigenvalue weighted by atomic mass is 9.86. The fourth-order valence-corrected chi connectivity index (χ4v) is 6.61. The second-order valence-electron chi connectivity index (χ2n) is 10.4. The number of benzene rings is 1. The maximum absolute atomic E-state index is 13.8. The van der Waals surface area contributed by atoms with Crippen LogP contribution in [0.1, 0.15) is 22.4 Å². The third-order valence-electron chi connectivity index (χ3n) is 7.43. The van der Waals surface area contributed by atoms with E-state index in [0.29, 0.717) is 25.3 Å². The number of carbonyl (C=O) groups is 1. The van der Waals surface area contributed by atoms with E-state index in [1.807, 2.05) is 49.5 Å². The first-order valence-electron chi connectivity index (χ1n) is 13.4. The predicted molar refractivity (Wildman–Crippen MR) is 157 cm³/mol. The lowest BCUT2D eigenvalue weighted by Gasteiger charge is -2.30. The summed E-state index contributed by atoms with van der Waals surface area (Å²) in [5.74, 6) is 1.59. The van der Waals surface area contributed by atoms with Gasteiger partial charge in [0.05, 0.1) is 29.9 Å². The van der Waals surface area contributed by atoms with Crippen molar-refractivity contribution in [1.82, 2.24) is 34.9 Å². The molecule has 5 aromatic rings. The SMILES string of the molecule is COc1cc2[nH]ncc2cc1Nc1ncnc2sc3c(c12)CC[C@H](C(=O)N(CCN(C)C)Cc1cccnc1)C3. The van der Waals surface area contributed by atoms with Crippen molar-refractivity contribution in [2.45, 2.75) is 25.8 Å². The number of rotatable bonds is 9. The normalized spacial score (nSPS) is 14.9. The average Bonchev–Trinajstić information content (AvgIpc) is 3.58. The van der Waals surface area contributed by atoms with Crippen LogP contribution in [-0.2, 0) is 24.2 Å². The van der Waals surface area contributed by atoms with E-state index < -0.39 is 0 Å². The summed E-state index contributed by atoms with van der Waals surface area (Å²) in [7, 11) is 5.72. The van der Waals surface area contributed by atoms with E-state index in [2.05, 4.69) is 35.4 Å². The molecule has 4 aromatic heterocycles. The number of carbonyl (C=O) groups excluding carboxylic acids is 1. The molecule has 0 unspecified atom stereocenters. The van der Waals surface area contributed by atoms with Crippen LogP contribution in [-0.4, -0.2) is 75.2 Å². The number of methoxy groups -OCH3 is 1. The molecule has 1 aromatic carbocycles. The van der Waals surface area contributed by atoms with Crippen molar-refractivity contribution < 1.29 is 9.53 Å². The topological polar surface area (TPSA) is 112 Å². The molecule has 11 heteroatoms. The van der Waals surface area contributed by atoms with E-state index in [0.717, 1.165) is 57.6 Å². The molecule has 40 heavy (non-hydrogen) atoms. The molecule has 10 nitrogen and oxygen atoms in total. The van der Waals surface area contributed by atoms with Gasteiger partial charge in [-0.3, -0.25) is 14.9 Å². The lowest BCUT2D eigenvalue weighted by molar-refractivity contribution is -0.136. The molecule has 0 fully saturated rings. The molecule has 0 spiro atoms. The molecule has 1 aliphatic carbocycles. The number of nitrogens with zero attached hydrogens (tertiary/aromatic N) is 6. The van der Waals surface area contributed by atoms with Gasteiger partial charge in [-0.2, -0.15) is 5.10 Å². The molecule has 2 N–H and O–H groups in total. The van der Waals surface area contributed by atoms with Crippen molar-refractivity contribution in [1.29, 1.82) is 0 Å². The molecule has 1 amide bonds. The van der Waals surface area contributed by atoms with Crippen molar-refractivity contribution in [3.05, 3.63) is 65.2 Å². The zero-order chi connectivity index (χ0) is 27.6. The van der Waals surface area contributed by atoms with E-state index in [1.54, 1.807) is 37.2 Å². The Morgan fingerprint density at radius 3 is 2.92 bits per heavy atom. The van der Waals surface area contributed by atoms with E-state index in [4.69, 9.17) is 4.74 Å². The maximum Gasteiger partial charge on any atom is 0.226 e. The molecular formula is C29H32N8O2S. The van der Waals surface area contributed by atoms with Crippen LogP contribution in [0.5, 0.6) is 5.75 Å². The van der Waals surface area contributed by atoms with Crippen LogP contribution in [0.25, 0.3) is 21.1 Å². The molecule has 0 saturated carbocycles. The Morgan fingerprint density at radius 1 is 1.23 bits per heavy atom. The minimum atomic E-state index is -0.0626. The number of thiophene rings is 1. The number of ether oxygens (including phenoxy) is 1.